The van der Waals surface area contributed by atoms with Crippen LogP contribution < -0.4 is 10.1 Å². The SMILES string of the molecule is CCC(=O)Nc1ccc(-c2ccc(C=O)o2)cc1OC. The summed E-state index contributed by atoms with van der Waals surface area (Å²) >= 11 is 0. The predicted molar refractivity (Wildman–Crippen MR) is 75.0 cm³/mol. The summed E-state index contributed by atoms with van der Waals surface area (Å²) < 4.78 is 10.6. The van der Waals surface area contributed by atoms with Gasteiger partial charge in [-0.25, -0.2) is 0 Å². The number of rotatable bonds is 5. The normalized spacial score (nSPS) is 10.1. The van der Waals surface area contributed by atoms with Crippen molar-refractivity contribution in [2.24, 2.45) is 0 Å². The van der Waals surface area contributed by atoms with Crippen molar-refractivity contribution in [3.63, 3.8) is 0 Å². The molecule has 2 rings (SSSR count). The van der Waals surface area contributed by atoms with E-state index in [0.717, 1.165) is 5.56 Å². The van der Waals surface area contributed by atoms with E-state index < -0.39 is 0 Å². The van der Waals surface area contributed by atoms with Crippen LogP contribution >= 0.6 is 0 Å². The Balaban J connectivity index is 2.33. The zero-order valence-electron chi connectivity index (χ0n) is 11.3. The molecule has 1 heterocycles. The van der Waals surface area contributed by atoms with E-state index in [1.807, 2.05) is 0 Å². The number of amides is 1. The van der Waals surface area contributed by atoms with E-state index in [4.69, 9.17) is 9.15 Å². The average molecular weight is 273 g/mol. The summed E-state index contributed by atoms with van der Waals surface area (Å²) in [5.74, 6) is 1.28. The lowest BCUT2D eigenvalue weighted by molar-refractivity contribution is -0.115. The van der Waals surface area contributed by atoms with E-state index in [9.17, 15) is 9.59 Å². The molecule has 0 fully saturated rings. The lowest BCUT2D eigenvalue weighted by Gasteiger charge is -2.10. The van der Waals surface area contributed by atoms with E-state index >= 15 is 0 Å². The van der Waals surface area contributed by atoms with Crippen molar-refractivity contribution in [2.45, 2.75) is 13.3 Å². The van der Waals surface area contributed by atoms with Crippen LogP contribution in [0, 0.1) is 0 Å². The first-order valence-electron chi connectivity index (χ1n) is 6.21. The Labute approximate surface area is 116 Å². The molecule has 1 aromatic carbocycles. The fraction of sp³-hybridized carbons (Fsp3) is 0.200. The lowest BCUT2D eigenvalue weighted by Crippen LogP contribution is -2.10. The number of aldehydes is 1. The number of carbonyl (C=O) groups excluding carboxylic acids is 2. The summed E-state index contributed by atoms with van der Waals surface area (Å²) in [5.41, 5.74) is 1.37. The molecule has 5 nitrogen and oxygen atoms in total. The van der Waals surface area contributed by atoms with Crippen LogP contribution in [0.5, 0.6) is 5.75 Å². The smallest absolute Gasteiger partial charge is 0.224 e. The summed E-state index contributed by atoms with van der Waals surface area (Å²) in [6, 6.07) is 8.59. The van der Waals surface area contributed by atoms with Crippen molar-refractivity contribution in [2.75, 3.05) is 12.4 Å². The Morgan fingerprint density at radius 2 is 2.15 bits per heavy atom. The maximum Gasteiger partial charge on any atom is 0.224 e. The molecular formula is C15H15NO4. The van der Waals surface area contributed by atoms with Crippen LogP contribution in [-0.4, -0.2) is 19.3 Å². The van der Waals surface area contributed by atoms with Gasteiger partial charge in [0.1, 0.15) is 11.5 Å². The molecule has 0 aliphatic carbocycles. The molecule has 5 heteroatoms. The van der Waals surface area contributed by atoms with E-state index in [1.54, 1.807) is 37.3 Å². The van der Waals surface area contributed by atoms with Gasteiger partial charge in [0.25, 0.3) is 0 Å². The van der Waals surface area contributed by atoms with Gasteiger partial charge in [0, 0.05) is 12.0 Å². The molecule has 0 unspecified atom stereocenters. The molecule has 104 valence electrons. The average Bonchev–Trinajstić information content (AvgIpc) is 2.96. The molecule has 0 saturated carbocycles. The highest BCUT2D eigenvalue weighted by atomic mass is 16.5. The minimum atomic E-state index is -0.0858. The van der Waals surface area contributed by atoms with Gasteiger partial charge in [0.15, 0.2) is 12.0 Å². The Morgan fingerprint density at radius 1 is 1.35 bits per heavy atom. The number of ether oxygens (including phenoxy) is 1. The molecular weight excluding hydrogens is 258 g/mol. The van der Waals surface area contributed by atoms with Gasteiger partial charge < -0.3 is 14.5 Å². The zero-order chi connectivity index (χ0) is 14.5. The second-order valence-corrected chi connectivity index (χ2v) is 4.14. The van der Waals surface area contributed by atoms with E-state index in [0.29, 0.717) is 29.9 Å². The number of benzene rings is 1. The zero-order valence-corrected chi connectivity index (χ0v) is 11.3. The molecule has 1 amide bonds. The van der Waals surface area contributed by atoms with Crippen molar-refractivity contribution in [1.29, 1.82) is 0 Å². The Morgan fingerprint density at radius 3 is 2.75 bits per heavy atom. The van der Waals surface area contributed by atoms with Gasteiger partial charge in [-0.15, -0.1) is 0 Å². The second-order valence-electron chi connectivity index (χ2n) is 4.14. The summed E-state index contributed by atoms with van der Waals surface area (Å²) in [7, 11) is 1.53. The van der Waals surface area contributed by atoms with Crippen LogP contribution in [0.3, 0.4) is 0 Å². The third-order valence-electron chi connectivity index (χ3n) is 2.82. The molecule has 0 spiro atoms. The van der Waals surface area contributed by atoms with Gasteiger partial charge in [-0.05, 0) is 30.3 Å². The molecule has 1 aromatic heterocycles. The molecule has 0 radical (unpaired) electrons. The number of furan rings is 1. The molecule has 0 aliphatic heterocycles. The van der Waals surface area contributed by atoms with Crippen molar-refractivity contribution in [3.05, 3.63) is 36.1 Å². The first-order chi connectivity index (χ1) is 9.67. The molecule has 1 N–H and O–H groups in total. The molecule has 0 saturated heterocycles. The van der Waals surface area contributed by atoms with E-state index in [1.165, 1.54) is 7.11 Å². The molecule has 0 bridgehead atoms. The minimum absolute atomic E-state index is 0.0858. The first-order valence-corrected chi connectivity index (χ1v) is 6.21. The van der Waals surface area contributed by atoms with Crippen LogP contribution in [0.25, 0.3) is 11.3 Å². The monoisotopic (exact) mass is 273 g/mol. The van der Waals surface area contributed by atoms with Crippen molar-refractivity contribution in [1.82, 2.24) is 0 Å². The van der Waals surface area contributed by atoms with Gasteiger partial charge in [-0.1, -0.05) is 6.92 Å². The number of hydrogen-bond donors (Lipinski definition) is 1. The fourth-order valence-corrected chi connectivity index (χ4v) is 1.76. The van der Waals surface area contributed by atoms with E-state index in [-0.39, 0.29) is 11.7 Å². The Bertz CT molecular complexity index is 631. The fourth-order valence-electron chi connectivity index (χ4n) is 1.76. The van der Waals surface area contributed by atoms with Crippen LogP contribution in [-0.2, 0) is 4.79 Å². The largest absolute Gasteiger partial charge is 0.495 e. The van der Waals surface area contributed by atoms with Gasteiger partial charge >= 0.3 is 0 Å². The highest BCUT2D eigenvalue weighted by Crippen LogP contribution is 2.31. The van der Waals surface area contributed by atoms with Gasteiger partial charge in [0.05, 0.1) is 12.8 Å². The van der Waals surface area contributed by atoms with Crippen LogP contribution in [0.1, 0.15) is 23.9 Å². The van der Waals surface area contributed by atoms with Crippen LogP contribution in [0.15, 0.2) is 34.7 Å². The topological polar surface area (TPSA) is 68.5 Å². The quantitative estimate of drug-likeness (QED) is 0.850. The number of nitrogens with one attached hydrogen (secondary N) is 1. The Hall–Kier alpha value is -2.56. The van der Waals surface area contributed by atoms with Crippen LogP contribution in [0.4, 0.5) is 5.69 Å². The second kappa shape index (κ2) is 6.06. The van der Waals surface area contributed by atoms with Crippen molar-refractivity contribution >= 4 is 17.9 Å². The van der Waals surface area contributed by atoms with Crippen molar-refractivity contribution in [3.8, 4) is 17.1 Å². The number of anilines is 1. The third-order valence-corrected chi connectivity index (χ3v) is 2.82. The first kappa shape index (κ1) is 13.9. The summed E-state index contributed by atoms with van der Waals surface area (Å²) in [6.45, 7) is 1.78. The van der Waals surface area contributed by atoms with Crippen LogP contribution in [0.2, 0.25) is 0 Å². The maximum absolute atomic E-state index is 11.4. The molecule has 2 aromatic rings. The number of methoxy groups -OCH3 is 1. The molecule has 20 heavy (non-hydrogen) atoms. The summed E-state index contributed by atoms with van der Waals surface area (Å²) in [4.78, 5) is 22.0. The molecule has 0 aliphatic rings. The molecule has 0 atom stereocenters. The highest BCUT2D eigenvalue weighted by Gasteiger charge is 2.10. The van der Waals surface area contributed by atoms with E-state index in [2.05, 4.69) is 5.32 Å². The standard InChI is InChI=1S/C15H15NO4/c1-3-15(18)16-12-6-4-10(8-14(12)19-2)13-7-5-11(9-17)20-13/h4-9H,3H2,1-2H3,(H,16,18). The highest BCUT2D eigenvalue weighted by molar-refractivity contribution is 5.92. The number of carbonyl (C=O) groups is 2. The van der Waals surface area contributed by atoms with Gasteiger partial charge in [0.2, 0.25) is 5.91 Å². The lowest BCUT2D eigenvalue weighted by atomic mass is 10.1. The number of hydrogen-bond acceptors (Lipinski definition) is 4. The predicted octanol–water partition coefficient (Wildman–Crippen LogP) is 3.12. The summed E-state index contributed by atoms with van der Waals surface area (Å²) in [6.07, 6.45) is 1.04. The summed E-state index contributed by atoms with van der Waals surface area (Å²) in [5, 5.41) is 2.76. The van der Waals surface area contributed by atoms with Gasteiger partial charge in [-0.2, -0.15) is 0 Å². The Kier molecular flexibility index (Phi) is 4.20. The maximum atomic E-state index is 11.4. The van der Waals surface area contributed by atoms with Crippen molar-refractivity contribution < 1.29 is 18.7 Å². The minimum Gasteiger partial charge on any atom is -0.495 e. The third kappa shape index (κ3) is 2.88. The van der Waals surface area contributed by atoms with Gasteiger partial charge in [-0.3, -0.25) is 9.59 Å².